The van der Waals surface area contributed by atoms with Crippen molar-refractivity contribution in [1.29, 1.82) is 0 Å². The number of hydrogen-bond donors (Lipinski definition) is 1. The quantitative estimate of drug-likeness (QED) is 0.510. The second-order valence-corrected chi connectivity index (χ2v) is 9.48. The molecule has 4 bridgehead atoms. The third-order valence-electron chi connectivity index (χ3n) is 7.76. The summed E-state index contributed by atoms with van der Waals surface area (Å²) in [6, 6.07) is 27.7. The van der Waals surface area contributed by atoms with E-state index in [4.69, 9.17) is 0 Å². The summed E-state index contributed by atoms with van der Waals surface area (Å²) in [6.07, 6.45) is -0.547. The Morgan fingerprint density at radius 3 is 1.75 bits per heavy atom. The van der Waals surface area contributed by atoms with Gasteiger partial charge < -0.3 is 5.11 Å². The van der Waals surface area contributed by atoms with Crippen LogP contribution in [0, 0.1) is 10.1 Å². The Kier molecular flexibility index (Phi) is 4.27. The lowest BCUT2D eigenvalue weighted by Crippen LogP contribution is -2.81. The topological polar surface area (TPSA) is 69.9 Å². The van der Waals surface area contributed by atoms with E-state index in [0.29, 0.717) is 0 Å². The van der Waals surface area contributed by atoms with Crippen LogP contribution in [-0.2, 0) is 10.8 Å². The maximum atomic E-state index is 12.0. The molecule has 6 heteroatoms. The van der Waals surface area contributed by atoms with Crippen molar-refractivity contribution >= 4 is 5.69 Å². The fourth-order valence-electron chi connectivity index (χ4n) is 6.55. The van der Waals surface area contributed by atoms with Crippen LogP contribution in [0.25, 0.3) is 0 Å². The van der Waals surface area contributed by atoms with Gasteiger partial charge in [0.2, 0.25) is 0 Å². The van der Waals surface area contributed by atoms with Gasteiger partial charge in [-0.2, -0.15) is 0 Å². The highest BCUT2D eigenvalue weighted by atomic mass is 16.6. The van der Waals surface area contributed by atoms with E-state index >= 15 is 0 Å². The Labute approximate surface area is 186 Å². The number of benzene rings is 3. The van der Waals surface area contributed by atoms with E-state index in [1.54, 1.807) is 18.2 Å². The summed E-state index contributed by atoms with van der Waals surface area (Å²) in [5, 5.41) is 23.4. The molecule has 4 aliphatic rings. The van der Waals surface area contributed by atoms with Crippen molar-refractivity contribution in [2.24, 2.45) is 0 Å². The highest BCUT2D eigenvalue weighted by Gasteiger charge is 2.66. The number of nitro benzene ring substituents is 1. The van der Waals surface area contributed by atoms with Crippen LogP contribution in [0.3, 0.4) is 0 Å². The molecular weight excluding hydrogens is 402 g/mol. The maximum Gasteiger partial charge on any atom is 0.269 e. The van der Waals surface area contributed by atoms with Crippen LogP contribution in [0.4, 0.5) is 5.69 Å². The average molecular weight is 428 g/mol. The third-order valence-corrected chi connectivity index (χ3v) is 7.76. The molecule has 4 saturated heterocycles. The molecule has 162 valence electrons. The number of piperidine rings is 2. The minimum Gasteiger partial charge on any atom is -0.391 e. The second-order valence-electron chi connectivity index (χ2n) is 9.48. The zero-order valence-electron chi connectivity index (χ0n) is 17.7. The van der Waals surface area contributed by atoms with E-state index in [-0.39, 0.29) is 16.8 Å². The first-order valence-electron chi connectivity index (χ1n) is 11.1. The molecule has 4 fully saturated rings. The number of aliphatic hydroxyl groups excluding tert-OH is 1. The highest BCUT2D eigenvalue weighted by Crippen LogP contribution is 2.56. The zero-order valence-corrected chi connectivity index (χ0v) is 17.7. The minimum absolute atomic E-state index is 0.0314. The van der Waals surface area contributed by atoms with E-state index in [2.05, 4.69) is 34.1 Å². The van der Waals surface area contributed by atoms with Gasteiger partial charge in [0.15, 0.2) is 0 Å². The molecule has 0 aliphatic carbocycles. The number of nitrogens with zero attached hydrogens (tertiary/aromatic N) is 3. The van der Waals surface area contributed by atoms with Crippen molar-refractivity contribution in [3.8, 4) is 0 Å². The monoisotopic (exact) mass is 427 g/mol. The molecule has 0 atom stereocenters. The molecule has 0 aromatic heterocycles. The SMILES string of the molecule is O=[N+]([O-])c1cccc(C2N3CC4(c5ccccc5)CN2CC(c2ccccc2)(C3)C4O)c1. The van der Waals surface area contributed by atoms with E-state index < -0.39 is 16.9 Å². The van der Waals surface area contributed by atoms with Gasteiger partial charge in [-0.1, -0.05) is 72.8 Å². The van der Waals surface area contributed by atoms with Gasteiger partial charge in [0.05, 0.1) is 17.2 Å². The van der Waals surface area contributed by atoms with Crippen LogP contribution < -0.4 is 0 Å². The van der Waals surface area contributed by atoms with E-state index in [1.807, 2.05) is 42.5 Å². The summed E-state index contributed by atoms with van der Waals surface area (Å²) in [7, 11) is 0. The van der Waals surface area contributed by atoms with Crippen molar-refractivity contribution < 1.29 is 10.0 Å². The minimum atomic E-state index is -0.515. The van der Waals surface area contributed by atoms with Crippen molar-refractivity contribution in [3.05, 3.63) is 112 Å². The summed E-state index contributed by atoms with van der Waals surface area (Å²) in [5.74, 6) is 0. The summed E-state index contributed by atoms with van der Waals surface area (Å²) < 4.78 is 0. The smallest absolute Gasteiger partial charge is 0.269 e. The van der Waals surface area contributed by atoms with Crippen LogP contribution in [0.2, 0.25) is 0 Å². The molecule has 0 radical (unpaired) electrons. The molecule has 0 unspecified atom stereocenters. The van der Waals surface area contributed by atoms with Gasteiger partial charge in [-0.3, -0.25) is 19.9 Å². The van der Waals surface area contributed by atoms with Gasteiger partial charge in [0.1, 0.15) is 0 Å². The molecule has 3 aromatic carbocycles. The third kappa shape index (κ3) is 2.64. The van der Waals surface area contributed by atoms with Crippen LogP contribution in [0.1, 0.15) is 22.9 Å². The number of nitro groups is 1. The van der Waals surface area contributed by atoms with E-state index in [9.17, 15) is 15.2 Å². The van der Waals surface area contributed by atoms with Crippen molar-refractivity contribution in [3.63, 3.8) is 0 Å². The maximum absolute atomic E-state index is 12.0. The fourth-order valence-corrected chi connectivity index (χ4v) is 6.55. The molecule has 4 aliphatic heterocycles. The zero-order chi connectivity index (χ0) is 21.9. The van der Waals surface area contributed by atoms with Crippen molar-refractivity contribution in [1.82, 2.24) is 9.80 Å². The van der Waals surface area contributed by atoms with Gasteiger partial charge >= 0.3 is 0 Å². The summed E-state index contributed by atoms with van der Waals surface area (Å²) in [4.78, 5) is 15.9. The van der Waals surface area contributed by atoms with Crippen LogP contribution in [0.15, 0.2) is 84.9 Å². The van der Waals surface area contributed by atoms with Gasteiger partial charge in [0, 0.05) is 49.1 Å². The Balaban J connectivity index is 1.49. The first kappa shape index (κ1) is 19.6. The Morgan fingerprint density at radius 1 is 0.781 bits per heavy atom. The number of non-ortho nitro benzene ring substituents is 1. The number of rotatable bonds is 4. The van der Waals surface area contributed by atoms with E-state index in [1.165, 1.54) is 0 Å². The van der Waals surface area contributed by atoms with Gasteiger partial charge in [-0.05, 0) is 16.7 Å². The molecule has 1 N–H and O–H groups in total. The highest BCUT2D eigenvalue weighted by molar-refractivity contribution is 5.44. The number of aliphatic hydroxyl groups is 1. The fraction of sp³-hybridized carbons (Fsp3) is 0.308. The van der Waals surface area contributed by atoms with Gasteiger partial charge in [-0.15, -0.1) is 0 Å². The lowest BCUT2D eigenvalue weighted by atomic mass is 9.54. The van der Waals surface area contributed by atoms with Crippen LogP contribution in [0.5, 0.6) is 0 Å². The predicted octanol–water partition coefficient (Wildman–Crippen LogP) is 3.48. The van der Waals surface area contributed by atoms with Gasteiger partial charge in [0.25, 0.3) is 5.69 Å². The second kappa shape index (κ2) is 6.97. The van der Waals surface area contributed by atoms with Crippen LogP contribution in [-0.4, -0.2) is 52.1 Å². The first-order chi connectivity index (χ1) is 15.5. The first-order valence-corrected chi connectivity index (χ1v) is 11.1. The molecule has 0 saturated carbocycles. The van der Waals surface area contributed by atoms with Crippen LogP contribution >= 0.6 is 0 Å². The molecule has 32 heavy (non-hydrogen) atoms. The summed E-state index contributed by atoms with van der Waals surface area (Å²) >= 11 is 0. The molecule has 0 amide bonds. The largest absolute Gasteiger partial charge is 0.391 e. The van der Waals surface area contributed by atoms with Gasteiger partial charge in [-0.25, -0.2) is 0 Å². The Hall–Kier alpha value is -3.06. The van der Waals surface area contributed by atoms with Crippen molar-refractivity contribution in [2.45, 2.75) is 23.1 Å². The predicted molar refractivity (Wildman–Crippen MR) is 121 cm³/mol. The molecule has 3 aromatic rings. The van der Waals surface area contributed by atoms with E-state index in [0.717, 1.165) is 42.9 Å². The standard InChI is InChI=1S/C26H25N3O3/c30-24-25(20-9-3-1-4-10-20)15-27-17-26(24,21-11-5-2-6-12-21)18-28(16-25)23(27)19-8-7-13-22(14-19)29(31)32/h1-14,23-24,30H,15-18H2. The average Bonchev–Trinajstić information content (AvgIpc) is 2.83. The lowest BCUT2D eigenvalue weighted by molar-refractivity contribution is -0.385. The molecule has 4 heterocycles. The Bertz CT molecular complexity index is 1090. The molecule has 0 spiro atoms. The Morgan fingerprint density at radius 2 is 1.28 bits per heavy atom. The number of hydrogen-bond acceptors (Lipinski definition) is 5. The van der Waals surface area contributed by atoms with Crippen molar-refractivity contribution in [2.75, 3.05) is 26.2 Å². The molecular formula is C26H25N3O3. The molecule has 7 rings (SSSR count). The molecule has 6 nitrogen and oxygen atoms in total. The summed E-state index contributed by atoms with van der Waals surface area (Å²) in [5.41, 5.74) is 2.54. The lowest BCUT2D eigenvalue weighted by Gasteiger charge is -2.69. The summed E-state index contributed by atoms with van der Waals surface area (Å²) in [6.45, 7) is 2.88. The normalized spacial score (nSPS) is 35.0.